The van der Waals surface area contributed by atoms with E-state index in [2.05, 4.69) is 11.9 Å². The predicted molar refractivity (Wildman–Crippen MR) is 105 cm³/mol. The molecule has 0 aliphatic carbocycles. The Bertz CT molecular complexity index is 679. The lowest BCUT2D eigenvalue weighted by molar-refractivity contribution is -0.126. The first kappa shape index (κ1) is 20.8. The van der Waals surface area contributed by atoms with E-state index in [1.165, 1.54) is 0 Å². The Kier molecular flexibility index (Phi) is 7.70. The van der Waals surface area contributed by atoms with Gasteiger partial charge >= 0.3 is 0 Å². The maximum Gasteiger partial charge on any atom is 0.254 e. The number of rotatable bonds is 8. The summed E-state index contributed by atoms with van der Waals surface area (Å²) >= 11 is 0. The summed E-state index contributed by atoms with van der Waals surface area (Å²) < 4.78 is 10.8. The van der Waals surface area contributed by atoms with E-state index < -0.39 is 0 Å². The van der Waals surface area contributed by atoms with Crippen molar-refractivity contribution in [3.05, 3.63) is 35.9 Å². The molecule has 148 valence electrons. The molecule has 1 aliphatic rings. The highest BCUT2D eigenvalue weighted by atomic mass is 16.5. The number of benzene rings is 1. The quantitative estimate of drug-likeness (QED) is 0.711. The smallest absolute Gasteiger partial charge is 0.254 e. The Morgan fingerprint density at radius 2 is 1.96 bits per heavy atom. The molecule has 1 saturated heterocycles. The number of likely N-dealkylation sites (tertiary alicyclic amines) is 1. The van der Waals surface area contributed by atoms with Gasteiger partial charge in [0.15, 0.2) is 11.5 Å². The van der Waals surface area contributed by atoms with Crippen molar-refractivity contribution in [2.75, 3.05) is 33.9 Å². The molecule has 1 heterocycles. The zero-order chi connectivity index (χ0) is 19.8. The molecule has 0 saturated carbocycles. The van der Waals surface area contributed by atoms with E-state index in [9.17, 15) is 9.59 Å². The molecular formula is C21H30N2O4. The lowest BCUT2D eigenvalue weighted by Gasteiger charge is -2.31. The molecule has 2 rings (SSSR count). The molecular weight excluding hydrogens is 344 g/mol. The molecule has 6 nitrogen and oxygen atoms in total. The molecule has 0 bridgehead atoms. The summed E-state index contributed by atoms with van der Waals surface area (Å²) in [6, 6.07) is 3.55. The van der Waals surface area contributed by atoms with Gasteiger partial charge in [0.05, 0.1) is 14.2 Å². The van der Waals surface area contributed by atoms with E-state index in [0.29, 0.717) is 56.0 Å². The van der Waals surface area contributed by atoms with Gasteiger partial charge < -0.3 is 19.7 Å². The number of piperidine rings is 1. The van der Waals surface area contributed by atoms with Crippen molar-refractivity contribution in [2.24, 2.45) is 5.92 Å². The van der Waals surface area contributed by atoms with Crippen molar-refractivity contribution in [3.8, 4) is 11.5 Å². The number of hydrogen-bond acceptors (Lipinski definition) is 4. The molecule has 0 radical (unpaired) electrons. The van der Waals surface area contributed by atoms with Gasteiger partial charge in [0.2, 0.25) is 5.91 Å². The third-order valence-electron chi connectivity index (χ3n) is 4.87. The van der Waals surface area contributed by atoms with Crippen LogP contribution in [0.1, 0.15) is 42.1 Å². The van der Waals surface area contributed by atoms with Crippen LogP contribution in [0.15, 0.2) is 24.8 Å². The van der Waals surface area contributed by atoms with Crippen LogP contribution in [0, 0.1) is 5.92 Å². The van der Waals surface area contributed by atoms with Crippen LogP contribution < -0.4 is 14.8 Å². The average molecular weight is 374 g/mol. The number of hydrogen-bond donors (Lipinski definition) is 1. The minimum Gasteiger partial charge on any atom is -0.493 e. The molecule has 0 unspecified atom stereocenters. The summed E-state index contributed by atoms with van der Waals surface area (Å²) in [7, 11) is 3.14. The van der Waals surface area contributed by atoms with Crippen molar-refractivity contribution in [2.45, 2.75) is 32.6 Å². The van der Waals surface area contributed by atoms with Gasteiger partial charge in [-0.2, -0.15) is 0 Å². The van der Waals surface area contributed by atoms with E-state index in [0.717, 1.165) is 12.0 Å². The molecule has 2 amide bonds. The molecule has 0 atom stereocenters. The van der Waals surface area contributed by atoms with Crippen molar-refractivity contribution < 1.29 is 19.1 Å². The highest BCUT2D eigenvalue weighted by molar-refractivity contribution is 5.95. The highest BCUT2D eigenvalue weighted by Crippen LogP contribution is 2.34. The van der Waals surface area contributed by atoms with Gasteiger partial charge in [-0.1, -0.05) is 13.0 Å². The van der Waals surface area contributed by atoms with Crippen LogP contribution in [0.5, 0.6) is 11.5 Å². The van der Waals surface area contributed by atoms with E-state index in [-0.39, 0.29) is 17.7 Å². The number of ether oxygens (including phenoxy) is 2. The number of carbonyl (C=O) groups is 2. The molecule has 1 N–H and O–H groups in total. The molecule has 1 aromatic rings. The van der Waals surface area contributed by atoms with Gasteiger partial charge in [-0.25, -0.2) is 0 Å². The second kappa shape index (κ2) is 10.00. The van der Waals surface area contributed by atoms with Crippen LogP contribution in [0.25, 0.3) is 0 Å². The Morgan fingerprint density at radius 1 is 1.26 bits per heavy atom. The Morgan fingerprint density at radius 3 is 2.52 bits per heavy atom. The summed E-state index contributed by atoms with van der Waals surface area (Å²) in [5, 5.41) is 2.94. The maximum atomic E-state index is 13.0. The topological polar surface area (TPSA) is 67.9 Å². The van der Waals surface area contributed by atoms with Crippen molar-refractivity contribution >= 4 is 11.8 Å². The maximum absolute atomic E-state index is 13.0. The summed E-state index contributed by atoms with van der Waals surface area (Å²) in [5.74, 6) is 1.20. The lowest BCUT2D eigenvalue weighted by Crippen LogP contribution is -2.43. The minimum absolute atomic E-state index is 0.0117. The van der Waals surface area contributed by atoms with Crippen LogP contribution in [0.4, 0.5) is 0 Å². The average Bonchev–Trinajstić information content (AvgIpc) is 2.71. The largest absolute Gasteiger partial charge is 0.493 e. The minimum atomic E-state index is -0.0475. The first-order chi connectivity index (χ1) is 13.0. The fraction of sp³-hybridized carbons (Fsp3) is 0.524. The summed E-state index contributed by atoms with van der Waals surface area (Å²) in [5.41, 5.74) is 1.43. The Hall–Kier alpha value is -2.50. The fourth-order valence-electron chi connectivity index (χ4n) is 3.39. The van der Waals surface area contributed by atoms with Gasteiger partial charge in [-0.3, -0.25) is 9.59 Å². The monoisotopic (exact) mass is 374 g/mol. The van der Waals surface area contributed by atoms with Gasteiger partial charge in [0.1, 0.15) is 0 Å². The van der Waals surface area contributed by atoms with Gasteiger partial charge in [-0.15, -0.1) is 6.58 Å². The zero-order valence-corrected chi connectivity index (χ0v) is 16.5. The Labute approximate surface area is 161 Å². The molecule has 0 aromatic heterocycles. The summed E-state index contributed by atoms with van der Waals surface area (Å²) in [6.07, 6.45) is 4.66. The number of methoxy groups -OCH3 is 2. The molecule has 0 spiro atoms. The second-order valence-electron chi connectivity index (χ2n) is 6.72. The second-order valence-corrected chi connectivity index (χ2v) is 6.72. The van der Waals surface area contributed by atoms with E-state index in [1.54, 1.807) is 26.4 Å². The van der Waals surface area contributed by atoms with Crippen LogP contribution in [-0.4, -0.2) is 50.6 Å². The zero-order valence-electron chi connectivity index (χ0n) is 16.5. The third-order valence-corrected chi connectivity index (χ3v) is 4.87. The Balaban J connectivity index is 2.11. The fourth-order valence-corrected chi connectivity index (χ4v) is 3.39. The first-order valence-corrected chi connectivity index (χ1v) is 9.48. The van der Waals surface area contributed by atoms with E-state index in [4.69, 9.17) is 9.47 Å². The lowest BCUT2D eigenvalue weighted by atomic mass is 9.95. The molecule has 27 heavy (non-hydrogen) atoms. The normalized spacial score (nSPS) is 14.6. The number of nitrogens with one attached hydrogen (secondary N) is 1. The predicted octanol–water partition coefficient (Wildman–Crippen LogP) is 2.81. The number of nitrogens with zero attached hydrogens (tertiary/aromatic N) is 1. The van der Waals surface area contributed by atoms with Crippen LogP contribution in [0.3, 0.4) is 0 Å². The molecule has 6 heteroatoms. The molecule has 1 aromatic carbocycles. The number of carbonyl (C=O) groups excluding carboxylic acids is 2. The number of amides is 2. The van der Waals surface area contributed by atoms with Gasteiger partial charge in [0, 0.05) is 36.7 Å². The first-order valence-electron chi connectivity index (χ1n) is 9.48. The summed E-state index contributed by atoms with van der Waals surface area (Å²) in [4.78, 5) is 26.9. The SMILES string of the molecule is C=CCc1cc(C(=O)N2CCC(C(=O)NCCC)CC2)cc(OC)c1OC. The molecule has 1 fully saturated rings. The molecule has 1 aliphatic heterocycles. The summed E-state index contributed by atoms with van der Waals surface area (Å²) in [6.45, 7) is 7.66. The highest BCUT2D eigenvalue weighted by Gasteiger charge is 2.28. The van der Waals surface area contributed by atoms with E-state index >= 15 is 0 Å². The van der Waals surface area contributed by atoms with Crippen LogP contribution in [-0.2, 0) is 11.2 Å². The standard InChI is InChI=1S/C21H30N2O4/c1-5-7-16-13-17(14-18(26-3)19(16)27-4)21(25)23-11-8-15(9-12-23)20(24)22-10-6-2/h5,13-15H,1,6-12H2,2-4H3,(H,22,24). The van der Waals surface area contributed by atoms with Crippen molar-refractivity contribution in [3.63, 3.8) is 0 Å². The van der Waals surface area contributed by atoms with Crippen LogP contribution in [0.2, 0.25) is 0 Å². The number of allylic oxidation sites excluding steroid dienone is 1. The van der Waals surface area contributed by atoms with E-state index in [1.807, 2.05) is 17.9 Å². The van der Waals surface area contributed by atoms with Gasteiger partial charge in [-0.05, 0) is 37.8 Å². The van der Waals surface area contributed by atoms with Gasteiger partial charge in [0.25, 0.3) is 5.91 Å². The van der Waals surface area contributed by atoms with Crippen molar-refractivity contribution in [1.82, 2.24) is 10.2 Å². The van der Waals surface area contributed by atoms with Crippen LogP contribution >= 0.6 is 0 Å². The third kappa shape index (κ3) is 5.02. The van der Waals surface area contributed by atoms with Crippen molar-refractivity contribution in [1.29, 1.82) is 0 Å².